The number of aliphatic hydroxyl groups is 1. The molecule has 0 aliphatic carbocycles. The van der Waals surface area contributed by atoms with Crippen LogP contribution >= 0.6 is 22.9 Å². The predicted molar refractivity (Wildman–Crippen MR) is 73.8 cm³/mol. The van der Waals surface area contributed by atoms with Gasteiger partial charge >= 0.3 is 0 Å². The van der Waals surface area contributed by atoms with E-state index in [1.807, 2.05) is 30.3 Å². The highest BCUT2D eigenvalue weighted by Crippen LogP contribution is 2.24. The summed E-state index contributed by atoms with van der Waals surface area (Å²) >= 11 is 7.50. The molecule has 0 spiro atoms. The maximum atomic E-state index is 9.43. The van der Waals surface area contributed by atoms with Crippen LogP contribution in [0, 0.1) is 5.92 Å². The second kappa shape index (κ2) is 6.20. The lowest BCUT2D eigenvalue weighted by Gasteiger charge is -2.12. The van der Waals surface area contributed by atoms with E-state index < -0.39 is 0 Å². The van der Waals surface area contributed by atoms with Gasteiger partial charge in [-0.15, -0.1) is 11.3 Å². The molecule has 0 aliphatic rings. The van der Waals surface area contributed by atoms with Crippen LogP contribution in [-0.2, 0) is 12.8 Å². The fourth-order valence-electron chi connectivity index (χ4n) is 1.89. The molecule has 17 heavy (non-hydrogen) atoms. The Morgan fingerprint density at radius 3 is 2.41 bits per heavy atom. The Kier molecular flexibility index (Phi) is 4.60. The van der Waals surface area contributed by atoms with E-state index in [-0.39, 0.29) is 12.5 Å². The summed E-state index contributed by atoms with van der Waals surface area (Å²) in [5.41, 5.74) is 1.27. The minimum Gasteiger partial charge on any atom is -0.396 e. The Morgan fingerprint density at radius 2 is 1.82 bits per heavy atom. The van der Waals surface area contributed by atoms with E-state index in [9.17, 15) is 5.11 Å². The molecule has 1 unspecified atom stereocenters. The van der Waals surface area contributed by atoms with Crippen molar-refractivity contribution < 1.29 is 5.11 Å². The zero-order chi connectivity index (χ0) is 12.1. The second-order valence-electron chi connectivity index (χ2n) is 4.15. The summed E-state index contributed by atoms with van der Waals surface area (Å²) in [6, 6.07) is 14.2. The van der Waals surface area contributed by atoms with Gasteiger partial charge in [-0.2, -0.15) is 0 Å². The lowest BCUT2D eigenvalue weighted by Crippen LogP contribution is -2.12. The van der Waals surface area contributed by atoms with Gasteiger partial charge in [-0.3, -0.25) is 0 Å². The van der Waals surface area contributed by atoms with Crippen molar-refractivity contribution >= 4 is 22.9 Å². The lowest BCUT2D eigenvalue weighted by atomic mass is 9.96. The standard InChI is InChI=1S/C14H15ClOS/c15-14-7-6-13(17-14)9-12(10-16)8-11-4-2-1-3-5-11/h1-7,12,16H,8-10H2. The van der Waals surface area contributed by atoms with E-state index in [2.05, 4.69) is 12.1 Å². The molecule has 90 valence electrons. The first kappa shape index (κ1) is 12.6. The van der Waals surface area contributed by atoms with E-state index in [1.54, 1.807) is 11.3 Å². The Hall–Kier alpha value is -0.830. The molecule has 0 bridgehead atoms. The first-order chi connectivity index (χ1) is 8.28. The van der Waals surface area contributed by atoms with E-state index in [0.29, 0.717) is 0 Å². The number of halogens is 1. The first-order valence-corrected chi connectivity index (χ1v) is 6.86. The van der Waals surface area contributed by atoms with Crippen LogP contribution in [0.1, 0.15) is 10.4 Å². The number of aliphatic hydroxyl groups excluding tert-OH is 1. The molecule has 1 nitrogen and oxygen atoms in total. The Bertz CT molecular complexity index is 452. The molecule has 1 heterocycles. The van der Waals surface area contributed by atoms with Crippen LogP contribution < -0.4 is 0 Å². The van der Waals surface area contributed by atoms with Gasteiger partial charge in [0.05, 0.1) is 4.34 Å². The van der Waals surface area contributed by atoms with Crippen LogP contribution in [0.4, 0.5) is 0 Å². The molecule has 1 aromatic carbocycles. The van der Waals surface area contributed by atoms with Crippen LogP contribution in [0.2, 0.25) is 4.34 Å². The van der Waals surface area contributed by atoms with Gasteiger partial charge in [0.15, 0.2) is 0 Å². The zero-order valence-electron chi connectivity index (χ0n) is 9.47. The molecule has 3 heteroatoms. The van der Waals surface area contributed by atoms with Gasteiger partial charge in [0, 0.05) is 11.5 Å². The predicted octanol–water partition coefficient (Wildman–Crippen LogP) is 3.80. The molecule has 0 radical (unpaired) electrons. The molecule has 0 saturated carbocycles. The molecule has 2 rings (SSSR count). The molecule has 0 saturated heterocycles. The van der Waals surface area contributed by atoms with Gasteiger partial charge in [0.1, 0.15) is 0 Å². The molecule has 1 aromatic heterocycles. The maximum Gasteiger partial charge on any atom is 0.0931 e. The molecular formula is C14H15ClOS. The molecule has 0 fully saturated rings. The van der Waals surface area contributed by atoms with Crippen molar-refractivity contribution in [2.75, 3.05) is 6.61 Å². The Balaban J connectivity index is 1.98. The van der Waals surface area contributed by atoms with Crippen molar-refractivity contribution in [2.45, 2.75) is 12.8 Å². The maximum absolute atomic E-state index is 9.43. The summed E-state index contributed by atoms with van der Waals surface area (Å²) in [4.78, 5) is 1.24. The lowest BCUT2D eigenvalue weighted by molar-refractivity contribution is 0.225. The van der Waals surface area contributed by atoms with Gasteiger partial charge in [0.25, 0.3) is 0 Å². The summed E-state index contributed by atoms with van der Waals surface area (Å²) in [5, 5.41) is 9.43. The average Bonchev–Trinajstić information content (AvgIpc) is 2.75. The number of hydrogen-bond donors (Lipinski definition) is 1. The van der Waals surface area contributed by atoms with Crippen molar-refractivity contribution in [3.63, 3.8) is 0 Å². The summed E-state index contributed by atoms with van der Waals surface area (Å²) in [5.74, 6) is 0.270. The van der Waals surface area contributed by atoms with Gasteiger partial charge in [-0.25, -0.2) is 0 Å². The third-order valence-corrected chi connectivity index (χ3v) is 4.00. The Labute approximate surface area is 111 Å². The van der Waals surface area contributed by atoms with Crippen LogP contribution in [0.25, 0.3) is 0 Å². The van der Waals surface area contributed by atoms with E-state index in [1.165, 1.54) is 10.4 Å². The monoisotopic (exact) mass is 266 g/mol. The van der Waals surface area contributed by atoms with E-state index in [4.69, 9.17) is 11.6 Å². The Morgan fingerprint density at radius 1 is 1.06 bits per heavy atom. The highest BCUT2D eigenvalue weighted by atomic mass is 35.5. The largest absolute Gasteiger partial charge is 0.396 e. The van der Waals surface area contributed by atoms with Crippen molar-refractivity contribution in [1.82, 2.24) is 0 Å². The molecule has 0 aliphatic heterocycles. The highest BCUT2D eigenvalue weighted by Gasteiger charge is 2.11. The normalized spacial score (nSPS) is 12.6. The SMILES string of the molecule is OCC(Cc1ccccc1)Cc1ccc(Cl)s1. The minimum atomic E-state index is 0.213. The topological polar surface area (TPSA) is 20.2 Å². The third kappa shape index (κ3) is 3.84. The average molecular weight is 267 g/mol. The fraction of sp³-hybridized carbons (Fsp3) is 0.286. The van der Waals surface area contributed by atoms with Gasteiger partial charge in [-0.05, 0) is 36.5 Å². The van der Waals surface area contributed by atoms with E-state index >= 15 is 0 Å². The van der Waals surface area contributed by atoms with Gasteiger partial charge in [-0.1, -0.05) is 41.9 Å². The third-order valence-electron chi connectivity index (χ3n) is 2.74. The van der Waals surface area contributed by atoms with E-state index in [0.717, 1.165) is 17.2 Å². The fourth-order valence-corrected chi connectivity index (χ4v) is 3.10. The van der Waals surface area contributed by atoms with Crippen molar-refractivity contribution in [1.29, 1.82) is 0 Å². The molecular weight excluding hydrogens is 252 g/mol. The van der Waals surface area contributed by atoms with Gasteiger partial charge < -0.3 is 5.11 Å². The smallest absolute Gasteiger partial charge is 0.0931 e. The van der Waals surface area contributed by atoms with Crippen LogP contribution in [0.15, 0.2) is 42.5 Å². The molecule has 1 atom stereocenters. The minimum absolute atomic E-state index is 0.213. The number of hydrogen-bond acceptors (Lipinski definition) is 2. The van der Waals surface area contributed by atoms with Crippen LogP contribution in [-0.4, -0.2) is 11.7 Å². The van der Waals surface area contributed by atoms with Gasteiger partial charge in [0.2, 0.25) is 0 Å². The van der Waals surface area contributed by atoms with Crippen molar-refractivity contribution in [3.05, 3.63) is 57.2 Å². The summed E-state index contributed by atoms with van der Waals surface area (Å²) in [6.07, 6.45) is 1.80. The zero-order valence-corrected chi connectivity index (χ0v) is 11.0. The summed E-state index contributed by atoms with van der Waals surface area (Å²) in [6.45, 7) is 0.213. The first-order valence-electron chi connectivity index (χ1n) is 5.67. The molecule has 1 N–H and O–H groups in total. The number of thiophene rings is 1. The number of rotatable bonds is 5. The van der Waals surface area contributed by atoms with Crippen LogP contribution in [0.5, 0.6) is 0 Å². The van der Waals surface area contributed by atoms with Crippen LogP contribution in [0.3, 0.4) is 0 Å². The summed E-state index contributed by atoms with van der Waals surface area (Å²) < 4.78 is 0.816. The molecule has 0 amide bonds. The highest BCUT2D eigenvalue weighted by molar-refractivity contribution is 7.16. The van der Waals surface area contributed by atoms with Crippen molar-refractivity contribution in [2.24, 2.45) is 5.92 Å². The van der Waals surface area contributed by atoms with Crippen molar-refractivity contribution in [3.8, 4) is 0 Å². The quantitative estimate of drug-likeness (QED) is 0.873. The second-order valence-corrected chi connectivity index (χ2v) is 5.95. The molecule has 2 aromatic rings. The number of benzene rings is 1. The summed E-state index contributed by atoms with van der Waals surface area (Å²) in [7, 11) is 0.